The molecule has 104 valence electrons. The van der Waals surface area contributed by atoms with Crippen molar-refractivity contribution in [2.24, 2.45) is 0 Å². The molecule has 0 unspecified atom stereocenters. The van der Waals surface area contributed by atoms with Crippen molar-refractivity contribution in [2.75, 3.05) is 6.61 Å². The van der Waals surface area contributed by atoms with Gasteiger partial charge in [0.2, 0.25) is 5.88 Å². The van der Waals surface area contributed by atoms with Crippen LogP contribution in [0.3, 0.4) is 0 Å². The lowest BCUT2D eigenvalue weighted by atomic mass is 10.3. The summed E-state index contributed by atoms with van der Waals surface area (Å²) in [5, 5.41) is 3.41. The number of ether oxygens (including phenoxy) is 1. The Balaban J connectivity index is 1.47. The SMILES string of the molecule is c1ccc(CCOc2cncc(CNC3CC3)n2)nc1. The van der Waals surface area contributed by atoms with Gasteiger partial charge in [-0.15, -0.1) is 0 Å². The number of nitrogens with one attached hydrogen (secondary N) is 1. The van der Waals surface area contributed by atoms with Crippen LogP contribution in [0.25, 0.3) is 0 Å². The van der Waals surface area contributed by atoms with E-state index in [9.17, 15) is 0 Å². The van der Waals surface area contributed by atoms with E-state index in [4.69, 9.17) is 4.74 Å². The van der Waals surface area contributed by atoms with E-state index in [0.29, 0.717) is 18.5 Å². The van der Waals surface area contributed by atoms with Crippen LogP contribution in [0.4, 0.5) is 0 Å². The van der Waals surface area contributed by atoms with Crippen LogP contribution in [0.15, 0.2) is 36.8 Å². The second kappa shape index (κ2) is 6.43. The summed E-state index contributed by atoms with van der Waals surface area (Å²) in [7, 11) is 0. The Morgan fingerprint density at radius 1 is 1.20 bits per heavy atom. The summed E-state index contributed by atoms with van der Waals surface area (Å²) in [6.45, 7) is 1.32. The van der Waals surface area contributed by atoms with E-state index in [-0.39, 0.29) is 0 Å². The minimum Gasteiger partial charge on any atom is -0.476 e. The maximum atomic E-state index is 5.63. The third kappa shape index (κ3) is 3.99. The molecular weight excluding hydrogens is 252 g/mol. The molecule has 5 heteroatoms. The van der Waals surface area contributed by atoms with Crippen molar-refractivity contribution in [1.29, 1.82) is 0 Å². The highest BCUT2D eigenvalue weighted by molar-refractivity contribution is 5.09. The first-order chi connectivity index (χ1) is 9.90. The predicted molar refractivity (Wildman–Crippen MR) is 75.3 cm³/mol. The highest BCUT2D eigenvalue weighted by atomic mass is 16.5. The Bertz CT molecular complexity index is 543. The largest absolute Gasteiger partial charge is 0.476 e. The van der Waals surface area contributed by atoms with Gasteiger partial charge in [-0.1, -0.05) is 6.07 Å². The van der Waals surface area contributed by atoms with Gasteiger partial charge in [0.25, 0.3) is 0 Å². The second-order valence-corrected chi connectivity index (χ2v) is 4.92. The second-order valence-electron chi connectivity index (χ2n) is 4.92. The maximum absolute atomic E-state index is 5.63. The monoisotopic (exact) mass is 270 g/mol. The fourth-order valence-electron chi connectivity index (χ4n) is 1.88. The van der Waals surface area contributed by atoms with E-state index in [1.54, 1.807) is 18.6 Å². The summed E-state index contributed by atoms with van der Waals surface area (Å²) in [5.41, 5.74) is 1.94. The zero-order valence-corrected chi connectivity index (χ0v) is 11.3. The number of aromatic nitrogens is 3. The van der Waals surface area contributed by atoms with Crippen molar-refractivity contribution in [1.82, 2.24) is 20.3 Å². The highest BCUT2D eigenvalue weighted by Crippen LogP contribution is 2.19. The zero-order valence-electron chi connectivity index (χ0n) is 11.3. The summed E-state index contributed by atoms with van der Waals surface area (Å²) in [4.78, 5) is 12.9. The number of nitrogens with zero attached hydrogens (tertiary/aromatic N) is 3. The first-order valence-corrected chi connectivity index (χ1v) is 6.97. The van der Waals surface area contributed by atoms with Gasteiger partial charge in [-0.3, -0.25) is 9.97 Å². The van der Waals surface area contributed by atoms with E-state index in [1.165, 1.54) is 12.8 Å². The molecular formula is C15H18N4O. The molecule has 1 saturated carbocycles. The number of hydrogen-bond acceptors (Lipinski definition) is 5. The van der Waals surface area contributed by atoms with Gasteiger partial charge in [0.1, 0.15) is 0 Å². The molecule has 0 atom stereocenters. The molecule has 0 spiro atoms. The van der Waals surface area contributed by atoms with E-state index >= 15 is 0 Å². The Hall–Kier alpha value is -2.01. The summed E-state index contributed by atoms with van der Waals surface area (Å²) in [6, 6.07) is 6.55. The van der Waals surface area contributed by atoms with Crippen molar-refractivity contribution in [3.63, 3.8) is 0 Å². The van der Waals surface area contributed by atoms with Gasteiger partial charge in [0, 0.05) is 37.1 Å². The molecule has 0 saturated heterocycles. The lowest BCUT2D eigenvalue weighted by molar-refractivity contribution is 0.305. The van der Waals surface area contributed by atoms with Crippen molar-refractivity contribution < 1.29 is 4.74 Å². The maximum Gasteiger partial charge on any atom is 0.232 e. The molecule has 1 aliphatic carbocycles. The molecule has 0 amide bonds. The predicted octanol–water partition coefficient (Wildman–Crippen LogP) is 1.75. The van der Waals surface area contributed by atoms with E-state index < -0.39 is 0 Å². The molecule has 20 heavy (non-hydrogen) atoms. The molecule has 1 fully saturated rings. The Morgan fingerprint density at radius 3 is 2.95 bits per heavy atom. The van der Waals surface area contributed by atoms with Crippen LogP contribution in [0.1, 0.15) is 24.2 Å². The molecule has 2 aromatic heterocycles. The van der Waals surface area contributed by atoms with E-state index in [2.05, 4.69) is 20.3 Å². The fraction of sp³-hybridized carbons (Fsp3) is 0.400. The smallest absolute Gasteiger partial charge is 0.232 e. The first kappa shape index (κ1) is 13.0. The third-order valence-electron chi connectivity index (χ3n) is 3.15. The summed E-state index contributed by atoms with van der Waals surface area (Å²) < 4.78 is 5.63. The lowest BCUT2D eigenvalue weighted by Crippen LogP contribution is -2.16. The normalized spacial score (nSPS) is 14.2. The van der Waals surface area contributed by atoms with Crippen LogP contribution in [0.2, 0.25) is 0 Å². The van der Waals surface area contributed by atoms with Gasteiger partial charge in [0.15, 0.2) is 0 Å². The van der Waals surface area contributed by atoms with E-state index in [0.717, 1.165) is 24.4 Å². The van der Waals surface area contributed by atoms with Gasteiger partial charge in [-0.25, -0.2) is 4.98 Å². The van der Waals surface area contributed by atoms with Crippen molar-refractivity contribution in [3.8, 4) is 5.88 Å². The average Bonchev–Trinajstić information content (AvgIpc) is 3.31. The highest BCUT2D eigenvalue weighted by Gasteiger charge is 2.20. The summed E-state index contributed by atoms with van der Waals surface area (Å²) in [6.07, 6.45) is 8.54. The number of hydrogen-bond donors (Lipinski definition) is 1. The molecule has 2 aromatic rings. The molecule has 3 rings (SSSR count). The summed E-state index contributed by atoms with van der Waals surface area (Å²) in [5.74, 6) is 0.580. The van der Waals surface area contributed by atoms with Crippen LogP contribution in [-0.4, -0.2) is 27.6 Å². The van der Waals surface area contributed by atoms with Gasteiger partial charge in [0.05, 0.1) is 18.5 Å². The molecule has 0 aliphatic heterocycles. The third-order valence-corrected chi connectivity index (χ3v) is 3.15. The van der Waals surface area contributed by atoms with Gasteiger partial charge < -0.3 is 10.1 Å². The van der Waals surface area contributed by atoms with Crippen LogP contribution in [0.5, 0.6) is 5.88 Å². The summed E-state index contributed by atoms with van der Waals surface area (Å²) >= 11 is 0. The van der Waals surface area contributed by atoms with Crippen LogP contribution in [-0.2, 0) is 13.0 Å². The standard InChI is InChI=1S/C15H18N4O/c1-2-7-17-12(3-1)6-8-20-15-11-16-9-14(19-15)10-18-13-4-5-13/h1-3,7,9,11,13,18H,4-6,8,10H2. The average molecular weight is 270 g/mol. The topological polar surface area (TPSA) is 59.9 Å². The van der Waals surface area contributed by atoms with Crippen molar-refractivity contribution >= 4 is 0 Å². The van der Waals surface area contributed by atoms with Crippen LogP contribution >= 0.6 is 0 Å². The Kier molecular flexibility index (Phi) is 4.18. The minimum atomic E-state index is 0.561. The Morgan fingerprint density at radius 2 is 2.15 bits per heavy atom. The van der Waals surface area contributed by atoms with Crippen molar-refractivity contribution in [2.45, 2.75) is 31.8 Å². The number of pyridine rings is 1. The van der Waals surface area contributed by atoms with Gasteiger partial charge >= 0.3 is 0 Å². The molecule has 1 aliphatic rings. The zero-order chi connectivity index (χ0) is 13.6. The molecule has 1 N–H and O–H groups in total. The van der Waals surface area contributed by atoms with Crippen molar-refractivity contribution in [3.05, 3.63) is 48.2 Å². The molecule has 0 bridgehead atoms. The van der Waals surface area contributed by atoms with E-state index in [1.807, 2.05) is 18.2 Å². The van der Waals surface area contributed by atoms with Gasteiger partial charge in [-0.05, 0) is 25.0 Å². The molecule has 0 aromatic carbocycles. The van der Waals surface area contributed by atoms with Gasteiger partial charge in [-0.2, -0.15) is 0 Å². The first-order valence-electron chi connectivity index (χ1n) is 6.97. The molecule has 5 nitrogen and oxygen atoms in total. The number of rotatable bonds is 7. The Labute approximate surface area is 118 Å². The lowest BCUT2D eigenvalue weighted by Gasteiger charge is -2.07. The fourth-order valence-corrected chi connectivity index (χ4v) is 1.88. The quantitative estimate of drug-likeness (QED) is 0.830. The van der Waals surface area contributed by atoms with Crippen LogP contribution in [0, 0.1) is 0 Å². The van der Waals surface area contributed by atoms with Crippen LogP contribution < -0.4 is 10.1 Å². The molecule has 0 radical (unpaired) electrons. The minimum absolute atomic E-state index is 0.561. The molecule has 2 heterocycles.